The summed E-state index contributed by atoms with van der Waals surface area (Å²) in [6, 6.07) is 10.9. The van der Waals surface area contributed by atoms with Crippen molar-refractivity contribution in [3.63, 3.8) is 0 Å². The average Bonchev–Trinajstić information content (AvgIpc) is 2.96. The number of carbonyl (C=O) groups is 2. The van der Waals surface area contributed by atoms with Crippen LogP contribution < -0.4 is 16.4 Å². The van der Waals surface area contributed by atoms with Gasteiger partial charge in [0.2, 0.25) is 5.91 Å². The molecule has 1 saturated heterocycles. The predicted octanol–water partition coefficient (Wildman–Crippen LogP) is 3.96. The van der Waals surface area contributed by atoms with E-state index in [9.17, 15) is 9.59 Å². The van der Waals surface area contributed by atoms with Crippen LogP contribution in [0, 0.1) is 5.41 Å². The Hall–Kier alpha value is -2.15. The van der Waals surface area contributed by atoms with Crippen LogP contribution in [0.2, 0.25) is 5.02 Å². The SMILES string of the molecule is CCC(C)(CC)CN1CCC(CNC(=O)c2ccc3cc(Cl)ccc3c2)NC(CCN)C1=O. The van der Waals surface area contributed by atoms with Crippen molar-refractivity contribution < 1.29 is 9.59 Å². The zero-order valence-corrected chi connectivity index (χ0v) is 20.8. The topological polar surface area (TPSA) is 87.5 Å². The van der Waals surface area contributed by atoms with Gasteiger partial charge in [-0.25, -0.2) is 0 Å². The smallest absolute Gasteiger partial charge is 0.251 e. The number of hydrogen-bond acceptors (Lipinski definition) is 4. The Balaban J connectivity index is 1.66. The third kappa shape index (κ3) is 6.46. The van der Waals surface area contributed by atoms with Crippen molar-refractivity contribution in [1.29, 1.82) is 0 Å². The Kier molecular flexibility index (Phi) is 8.74. The summed E-state index contributed by atoms with van der Waals surface area (Å²) < 4.78 is 0. The highest BCUT2D eigenvalue weighted by atomic mass is 35.5. The van der Waals surface area contributed by atoms with Crippen LogP contribution in [0.5, 0.6) is 0 Å². The molecule has 3 rings (SSSR count). The van der Waals surface area contributed by atoms with Crippen molar-refractivity contribution in [2.75, 3.05) is 26.2 Å². The lowest BCUT2D eigenvalue weighted by Gasteiger charge is -2.34. The third-order valence-electron chi connectivity index (χ3n) is 7.10. The lowest BCUT2D eigenvalue weighted by Crippen LogP contribution is -2.50. The molecule has 2 unspecified atom stereocenters. The summed E-state index contributed by atoms with van der Waals surface area (Å²) in [4.78, 5) is 28.0. The van der Waals surface area contributed by atoms with Gasteiger partial charge in [0.15, 0.2) is 0 Å². The van der Waals surface area contributed by atoms with Crippen LogP contribution in [0.3, 0.4) is 0 Å². The van der Waals surface area contributed by atoms with E-state index in [0.29, 0.717) is 36.6 Å². The molecule has 1 aliphatic heterocycles. The minimum absolute atomic E-state index is 0.00761. The predicted molar refractivity (Wildman–Crippen MR) is 136 cm³/mol. The van der Waals surface area contributed by atoms with E-state index in [1.807, 2.05) is 41.3 Å². The normalized spacial score (nSPS) is 19.5. The number of benzene rings is 2. The van der Waals surface area contributed by atoms with E-state index >= 15 is 0 Å². The Bertz CT molecular complexity index is 976. The first-order valence-electron chi connectivity index (χ1n) is 12.0. The highest BCUT2D eigenvalue weighted by Crippen LogP contribution is 2.28. The minimum Gasteiger partial charge on any atom is -0.350 e. The van der Waals surface area contributed by atoms with Crippen molar-refractivity contribution in [2.24, 2.45) is 11.1 Å². The summed E-state index contributed by atoms with van der Waals surface area (Å²) in [5.41, 5.74) is 6.52. The number of amides is 2. The summed E-state index contributed by atoms with van der Waals surface area (Å²) in [5.74, 6) is -0.00316. The van der Waals surface area contributed by atoms with E-state index in [2.05, 4.69) is 31.4 Å². The molecule has 0 radical (unpaired) electrons. The van der Waals surface area contributed by atoms with Gasteiger partial charge in [0.05, 0.1) is 6.04 Å². The number of carbonyl (C=O) groups excluding carboxylic acids is 2. The summed E-state index contributed by atoms with van der Waals surface area (Å²) in [7, 11) is 0. The minimum atomic E-state index is -0.317. The summed E-state index contributed by atoms with van der Waals surface area (Å²) >= 11 is 6.06. The molecule has 0 aliphatic carbocycles. The van der Waals surface area contributed by atoms with Crippen molar-refractivity contribution >= 4 is 34.2 Å². The van der Waals surface area contributed by atoms with E-state index in [4.69, 9.17) is 17.3 Å². The number of nitrogens with zero attached hydrogens (tertiary/aromatic N) is 1. The molecule has 0 saturated carbocycles. The van der Waals surface area contributed by atoms with E-state index in [1.54, 1.807) is 0 Å². The van der Waals surface area contributed by atoms with Crippen molar-refractivity contribution in [2.45, 2.75) is 58.5 Å². The van der Waals surface area contributed by atoms with Crippen LogP contribution in [0.15, 0.2) is 36.4 Å². The van der Waals surface area contributed by atoms with E-state index < -0.39 is 0 Å². The van der Waals surface area contributed by atoms with Crippen molar-refractivity contribution in [3.8, 4) is 0 Å². The van der Waals surface area contributed by atoms with Crippen LogP contribution in [0.4, 0.5) is 0 Å². The summed E-state index contributed by atoms with van der Waals surface area (Å²) in [5, 5.41) is 9.15. The first-order valence-corrected chi connectivity index (χ1v) is 12.4. The summed E-state index contributed by atoms with van der Waals surface area (Å²) in [6.45, 7) is 8.93. The van der Waals surface area contributed by atoms with Crippen LogP contribution in [0.1, 0.15) is 56.8 Å². The van der Waals surface area contributed by atoms with Gasteiger partial charge in [-0.3, -0.25) is 9.59 Å². The molecule has 1 fully saturated rings. The molecule has 4 N–H and O–H groups in total. The van der Waals surface area contributed by atoms with Gasteiger partial charge in [0.25, 0.3) is 5.91 Å². The van der Waals surface area contributed by atoms with Crippen LogP contribution in [0.25, 0.3) is 10.8 Å². The highest BCUT2D eigenvalue weighted by Gasteiger charge is 2.34. The number of rotatable bonds is 9. The molecule has 0 bridgehead atoms. The Morgan fingerprint density at radius 3 is 2.61 bits per heavy atom. The zero-order chi connectivity index (χ0) is 24.0. The van der Waals surface area contributed by atoms with Gasteiger partial charge >= 0.3 is 0 Å². The number of nitrogens with two attached hydrogens (primary N) is 1. The number of hydrogen-bond donors (Lipinski definition) is 3. The van der Waals surface area contributed by atoms with Gasteiger partial charge < -0.3 is 21.3 Å². The highest BCUT2D eigenvalue weighted by molar-refractivity contribution is 6.31. The second kappa shape index (κ2) is 11.3. The van der Waals surface area contributed by atoms with Crippen LogP contribution >= 0.6 is 11.6 Å². The Labute approximate surface area is 202 Å². The molecular formula is C26H37ClN4O2. The van der Waals surface area contributed by atoms with Crippen LogP contribution in [-0.2, 0) is 4.79 Å². The standard InChI is InChI=1S/C26H37ClN4O2/c1-4-26(3,5-2)17-31-13-11-22(30-23(10-12-28)25(31)33)16-29-24(32)20-7-6-19-15-21(27)9-8-18(19)14-20/h6-9,14-15,22-23,30H,4-5,10-13,16-17,28H2,1-3H3,(H,29,32). The summed E-state index contributed by atoms with van der Waals surface area (Å²) in [6.07, 6.45) is 3.42. The fraction of sp³-hybridized carbons (Fsp3) is 0.538. The van der Waals surface area contributed by atoms with E-state index in [0.717, 1.165) is 36.6 Å². The molecule has 2 aromatic carbocycles. The molecule has 2 atom stereocenters. The lowest BCUT2D eigenvalue weighted by atomic mass is 9.84. The molecule has 33 heavy (non-hydrogen) atoms. The van der Waals surface area contributed by atoms with Gasteiger partial charge in [0, 0.05) is 36.3 Å². The first-order chi connectivity index (χ1) is 15.8. The molecule has 180 valence electrons. The average molecular weight is 473 g/mol. The molecular weight excluding hydrogens is 436 g/mol. The maximum absolute atomic E-state index is 13.2. The first kappa shape index (κ1) is 25.5. The second-order valence-electron chi connectivity index (χ2n) is 9.48. The van der Waals surface area contributed by atoms with Gasteiger partial charge in [-0.15, -0.1) is 0 Å². The van der Waals surface area contributed by atoms with E-state index in [-0.39, 0.29) is 29.3 Å². The Morgan fingerprint density at radius 1 is 1.21 bits per heavy atom. The maximum Gasteiger partial charge on any atom is 0.251 e. The molecule has 0 aromatic heterocycles. The molecule has 6 nitrogen and oxygen atoms in total. The molecule has 7 heteroatoms. The van der Waals surface area contributed by atoms with Gasteiger partial charge in [-0.2, -0.15) is 0 Å². The lowest BCUT2D eigenvalue weighted by molar-refractivity contribution is -0.134. The molecule has 2 aromatic rings. The molecule has 1 aliphatic rings. The van der Waals surface area contributed by atoms with Crippen LogP contribution in [-0.4, -0.2) is 55.0 Å². The second-order valence-corrected chi connectivity index (χ2v) is 9.91. The Morgan fingerprint density at radius 2 is 1.91 bits per heavy atom. The van der Waals surface area contributed by atoms with Gasteiger partial charge in [0.1, 0.15) is 0 Å². The largest absolute Gasteiger partial charge is 0.350 e. The third-order valence-corrected chi connectivity index (χ3v) is 7.34. The van der Waals surface area contributed by atoms with Crippen molar-refractivity contribution in [3.05, 3.63) is 47.0 Å². The fourth-order valence-corrected chi connectivity index (χ4v) is 4.56. The number of nitrogens with one attached hydrogen (secondary N) is 2. The zero-order valence-electron chi connectivity index (χ0n) is 20.0. The van der Waals surface area contributed by atoms with E-state index in [1.165, 1.54) is 0 Å². The molecule has 2 amide bonds. The maximum atomic E-state index is 13.2. The number of fused-ring (bicyclic) bond motifs is 1. The quantitative estimate of drug-likeness (QED) is 0.515. The molecule has 1 heterocycles. The van der Waals surface area contributed by atoms with Crippen molar-refractivity contribution in [1.82, 2.24) is 15.5 Å². The van der Waals surface area contributed by atoms with Gasteiger partial charge in [-0.1, -0.05) is 44.5 Å². The molecule has 0 spiro atoms. The van der Waals surface area contributed by atoms with Gasteiger partial charge in [-0.05, 0) is 72.7 Å². The number of halogens is 1. The monoisotopic (exact) mass is 472 g/mol. The fourth-order valence-electron chi connectivity index (χ4n) is 4.38.